The molecule has 0 atom stereocenters. The third-order valence-corrected chi connectivity index (χ3v) is 3.61. The minimum atomic E-state index is -0.847. The number of carboxylic acids is 1. The second-order valence-electron chi connectivity index (χ2n) is 5.20. The maximum absolute atomic E-state index is 10.7. The lowest BCUT2D eigenvalue weighted by atomic mass is 10.0. The topological polar surface area (TPSA) is 99.6 Å². The molecule has 0 aliphatic carbocycles. The van der Waals surface area contributed by atoms with E-state index in [1.807, 2.05) is 35.0 Å². The largest absolute Gasteiger partial charge is 0.496 e. The monoisotopic (exact) mass is 331 g/mol. The van der Waals surface area contributed by atoms with Crippen molar-refractivity contribution in [2.45, 2.75) is 25.8 Å². The maximum atomic E-state index is 10.7. The summed E-state index contributed by atoms with van der Waals surface area (Å²) in [7, 11) is 1.60. The highest BCUT2D eigenvalue weighted by molar-refractivity contribution is 5.72. The molecule has 3 N–H and O–H groups in total. The van der Waals surface area contributed by atoms with Gasteiger partial charge in [0.15, 0.2) is 0 Å². The molecule has 1 aromatic heterocycles. The zero-order valence-corrected chi connectivity index (χ0v) is 13.5. The molecule has 1 aromatic carbocycles. The fourth-order valence-electron chi connectivity index (χ4n) is 2.46. The van der Waals surface area contributed by atoms with Crippen molar-refractivity contribution in [3.05, 3.63) is 54.3 Å². The number of hydrogen-bond acceptors (Lipinski definition) is 5. The Morgan fingerprint density at radius 3 is 2.75 bits per heavy atom. The zero-order valence-electron chi connectivity index (χ0n) is 13.5. The quantitative estimate of drug-likeness (QED) is 0.541. The summed E-state index contributed by atoms with van der Waals surface area (Å²) in [5.74, 6) is 5.86. The van der Waals surface area contributed by atoms with Crippen LogP contribution in [0.2, 0.25) is 0 Å². The Morgan fingerprint density at radius 2 is 2.12 bits per heavy atom. The molecule has 0 unspecified atom stereocenters. The first-order valence-electron chi connectivity index (χ1n) is 7.55. The molecule has 0 amide bonds. The number of imidazole rings is 1. The zero-order chi connectivity index (χ0) is 17.4. The number of nitrogens with two attached hydrogens (primary N) is 1. The van der Waals surface area contributed by atoms with Crippen LogP contribution >= 0.6 is 0 Å². The molecule has 24 heavy (non-hydrogen) atoms. The van der Waals surface area contributed by atoms with Crippen molar-refractivity contribution in [1.82, 2.24) is 9.55 Å². The summed E-state index contributed by atoms with van der Waals surface area (Å²) >= 11 is 0. The van der Waals surface area contributed by atoms with Gasteiger partial charge in [-0.3, -0.25) is 4.79 Å². The Bertz CT molecular complexity index is 696. The summed E-state index contributed by atoms with van der Waals surface area (Å²) in [5.41, 5.74) is 1.68. The summed E-state index contributed by atoms with van der Waals surface area (Å²) in [6.45, 7) is 0.486. The summed E-state index contributed by atoms with van der Waals surface area (Å²) < 4.78 is 7.32. The van der Waals surface area contributed by atoms with Crippen LogP contribution in [0.3, 0.4) is 0 Å². The van der Waals surface area contributed by atoms with Crippen LogP contribution in [0.15, 0.2) is 48.7 Å². The van der Waals surface area contributed by atoms with Crippen LogP contribution in [0.1, 0.15) is 24.8 Å². The number of methoxy groups -OCH3 is 1. The van der Waals surface area contributed by atoms with Crippen LogP contribution in [0.4, 0.5) is 0 Å². The first-order valence-corrected chi connectivity index (χ1v) is 7.55. The lowest BCUT2D eigenvalue weighted by molar-refractivity contribution is -0.137. The van der Waals surface area contributed by atoms with Crippen molar-refractivity contribution in [3.8, 4) is 5.75 Å². The van der Waals surface area contributed by atoms with E-state index in [1.165, 1.54) is 0 Å². The van der Waals surface area contributed by atoms with Crippen molar-refractivity contribution in [1.29, 1.82) is 0 Å². The van der Waals surface area contributed by atoms with E-state index in [-0.39, 0.29) is 6.42 Å². The third-order valence-electron chi connectivity index (χ3n) is 3.61. The second kappa shape index (κ2) is 8.73. The van der Waals surface area contributed by atoms with Crippen LogP contribution in [0.5, 0.6) is 5.75 Å². The molecular weight excluding hydrogens is 310 g/mol. The average Bonchev–Trinajstić information content (AvgIpc) is 3.10. The van der Waals surface area contributed by atoms with Gasteiger partial charge < -0.3 is 19.2 Å². The van der Waals surface area contributed by atoms with Gasteiger partial charge in [-0.15, -0.1) is 0 Å². The Labute approximate surface area is 140 Å². The summed E-state index contributed by atoms with van der Waals surface area (Å²) in [4.78, 5) is 19.9. The number of rotatable bonds is 9. The van der Waals surface area contributed by atoms with Gasteiger partial charge in [-0.1, -0.05) is 18.2 Å². The van der Waals surface area contributed by atoms with Crippen LogP contribution in [-0.2, 0) is 16.2 Å². The lowest BCUT2D eigenvalue weighted by Crippen LogP contribution is -2.09. The van der Waals surface area contributed by atoms with Gasteiger partial charge in [0.25, 0.3) is 0 Å². The molecule has 2 rings (SSSR count). The van der Waals surface area contributed by atoms with Crippen molar-refractivity contribution in [2.75, 3.05) is 7.11 Å². The Morgan fingerprint density at radius 1 is 1.33 bits per heavy atom. The highest BCUT2D eigenvalue weighted by Gasteiger charge is 2.16. The molecule has 128 valence electrons. The standard InChI is InChI=1S/C17H21N3O4/c1-23-15-6-3-2-5-13(15)14(11-20-10-9-19-12-20)16(24-18)7-4-8-17(21)22/h2-3,5-6,9-10,12H,4,7-8,11,18H2,1H3,(H,21,22). The number of carbonyl (C=O) groups is 1. The van der Waals surface area contributed by atoms with E-state index in [1.54, 1.807) is 19.6 Å². The van der Waals surface area contributed by atoms with Crippen molar-refractivity contribution in [2.24, 2.45) is 5.90 Å². The van der Waals surface area contributed by atoms with Crippen LogP contribution in [0.25, 0.3) is 5.57 Å². The fourth-order valence-corrected chi connectivity index (χ4v) is 2.46. The highest BCUT2D eigenvalue weighted by atomic mass is 16.6. The Hall–Kier alpha value is -2.80. The molecule has 0 bridgehead atoms. The molecule has 0 saturated heterocycles. The molecule has 0 spiro atoms. The number of nitrogens with zero attached hydrogens (tertiary/aromatic N) is 2. The summed E-state index contributed by atoms with van der Waals surface area (Å²) in [6.07, 6.45) is 6.13. The van der Waals surface area contributed by atoms with Crippen LogP contribution in [0, 0.1) is 0 Å². The number of hydrogen-bond donors (Lipinski definition) is 2. The number of allylic oxidation sites excluding steroid dienone is 2. The molecule has 7 heteroatoms. The molecule has 0 fully saturated rings. The smallest absolute Gasteiger partial charge is 0.303 e. The number of benzene rings is 1. The molecule has 1 heterocycles. The van der Waals surface area contributed by atoms with Gasteiger partial charge in [0.1, 0.15) is 11.5 Å². The number of aliphatic carboxylic acids is 1. The maximum Gasteiger partial charge on any atom is 0.303 e. The van der Waals surface area contributed by atoms with Crippen molar-refractivity contribution < 1.29 is 19.5 Å². The van der Waals surface area contributed by atoms with Gasteiger partial charge in [0.2, 0.25) is 0 Å². The molecule has 0 radical (unpaired) electrons. The molecule has 0 aliphatic heterocycles. The van der Waals surface area contributed by atoms with E-state index >= 15 is 0 Å². The normalized spacial score (nSPS) is 11.8. The van der Waals surface area contributed by atoms with E-state index in [0.717, 1.165) is 11.1 Å². The van der Waals surface area contributed by atoms with Crippen LogP contribution in [-0.4, -0.2) is 27.7 Å². The molecule has 2 aromatic rings. The van der Waals surface area contributed by atoms with Gasteiger partial charge in [-0.2, -0.15) is 5.90 Å². The van der Waals surface area contributed by atoms with Crippen molar-refractivity contribution >= 4 is 11.5 Å². The summed E-state index contributed by atoms with van der Waals surface area (Å²) in [6, 6.07) is 7.55. The van der Waals surface area contributed by atoms with Crippen molar-refractivity contribution in [3.63, 3.8) is 0 Å². The van der Waals surface area contributed by atoms with Gasteiger partial charge in [-0.25, -0.2) is 4.98 Å². The van der Waals surface area contributed by atoms with E-state index < -0.39 is 5.97 Å². The van der Waals surface area contributed by atoms with Gasteiger partial charge in [0.05, 0.1) is 20.0 Å². The lowest BCUT2D eigenvalue weighted by Gasteiger charge is -2.17. The third kappa shape index (κ3) is 4.60. The SMILES string of the molecule is COc1ccccc1C(Cn1ccnc1)=C(CCCC(=O)O)ON. The molecule has 7 nitrogen and oxygen atoms in total. The first kappa shape index (κ1) is 17.6. The predicted octanol–water partition coefficient (Wildman–Crippen LogP) is 2.45. The van der Waals surface area contributed by atoms with Gasteiger partial charge in [0, 0.05) is 36.4 Å². The second-order valence-corrected chi connectivity index (χ2v) is 5.20. The Balaban J connectivity index is 2.39. The molecular formula is C17H21N3O4. The highest BCUT2D eigenvalue weighted by Crippen LogP contribution is 2.31. The van der Waals surface area contributed by atoms with Gasteiger partial charge >= 0.3 is 5.97 Å². The van der Waals surface area contributed by atoms with E-state index in [9.17, 15) is 4.79 Å². The average molecular weight is 331 g/mol. The minimum absolute atomic E-state index is 0.0527. The van der Waals surface area contributed by atoms with E-state index in [0.29, 0.717) is 30.9 Å². The minimum Gasteiger partial charge on any atom is -0.496 e. The molecule has 0 aliphatic rings. The Kier molecular flexibility index (Phi) is 6.39. The first-order chi connectivity index (χ1) is 11.7. The fraction of sp³-hybridized carbons (Fsp3) is 0.294. The van der Waals surface area contributed by atoms with Crippen LogP contribution < -0.4 is 10.6 Å². The summed E-state index contributed by atoms with van der Waals surface area (Å²) in [5, 5.41) is 8.82. The predicted molar refractivity (Wildman–Crippen MR) is 88.9 cm³/mol. The number of aromatic nitrogens is 2. The number of para-hydroxylation sites is 1. The van der Waals surface area contributed by atoms with E-state index in [2.05, 4.69) is 4.98 Å². The number of carboxylic acid groups (broad SMARTS) is 1. The van der Waals surface area contributed by atoms with Gasteiger partial charge in [-0.05, 0) is 12.5 Å². The molecule has 0 saturated carbocycles. The van der Waals surface area contributed by atoms with E-state index in [4.69, 9.17) is 20.6 Å². The number of ether oxygens (including phenoxy) is 1.